The molecule has 1 unspecified atom stereocenters. The lowest BCUT2D eigenvalue weighted by molar-refractivity contribution is 0.666. The molecule has 1 aromatic rings. The average molecular weight is 239 g/mol. The number of aryl methyl sites for hydroxylation is 1. The van der Waals surface area contributed by atoms with E-state index in [-0.39, 0.29) is 0 Å². The summed E-state index contributed by atoms with van der Waals surface area (Å²) >= 11 is 1.86. The lowest BCUT2D eigenvalue weighted by Crippen LogP contribution is -2.33. The molecular formula is C12H21N3S. The van der Waals surface area contributed by atoms with Gasteiger partial charge in [-0.05, 0) is 25.2 Å². The zero-order chi connectivity index (χ0) is 12.1. The Bertz CT molecular complexity index is 341. The van der Waals surface area contributed by atoms with Crippen molar-refractivity contribution in [3.05, 3.63) is 17.8 Å². The topological polar surface area (TPSA) is 42.1 Å². The highest BCUT2D eigenvalue weighted by molar-refractivity contribution is 7.98. The van der Waals surface area contributed by atoms with Crippen molar-refractivity contribution in [3.63, 3.8) is 0 Å². The van der Waals surface area contributed by atoms with Crippen LogP contribution in [-0.4, -0.2) is 30.1 Å². The van der Waals surface area contributed by atoms with Crippen molar-refractivity contribution in [2.45, 2.75) is 26.3 Å². The van der Waals surface area contributed by atoms with Crippen LogP contribution < -0.4 is 10.6 Å². The fourth-order valence-corrected chi connectivity index (χ4v) is 2.45. The number of hydrogen-bond donors (Lipinski definition) is 1. The van der Waals surface area contributed by atoms with E-state index in [2.05, 4.69) is 30.1 Å². The summed E-state index contributed by atoms with van der Waals surface area (Å²) in [7, 11) is 2.08. The maximum absolute atomic E-state index is 5.90. The summed E-state index contributed by atoms with van der Waals surface area (Å²) in [6, 6.07) is 2.47. The summed E-state index contributed by atoms with van der Waals surface area (Å²) in [5.41, 5.74) is 7.75. The van der Waals surface area contributed by atoms with E-state index in [0.717, 1.165) is 29.2 Å². The number of nitrogen functional groups attached to an aromatic ring is 1. The highest BCUT2D eigenvalue weighted by Crippen LogP contribution is 2.20. The van der Waals surface area contributed by atoms with Crippen LogP contribution in [0.4, 0.5) is 11.5 Å². The minimum Gasteiger partial charge on any atom is -0.398 e. The van der Waals surface area contributed by atoms with Gasteiger partial charge in [0.2, 0.25) is 0 Å². The first kappa shape index (κ1) is 13.2. The highest BCUT2D eigenvalue weighted by Gasteiger charge is 2.14. The number of nitrogens with zero attached hydrogens (tertiary/aromatic N) is 2. The standard InChI is InChI=1S/C12H21N3S/c1-5-10(8-16-4)15(3)12-6-11(13)9(2)7-14-12/h6-7,10H,5,8H2,1-4H3,(H2,13,14). The summed E-state index contributed by atoms with van der Waals surface area (Å²) in [5.74, 6) is 2.08. The molecule has 4 heteroatoms. The van der Waals surface area contributed by atoms with Gasteiger partial charge in [-0.3, -0.25) is 0 Å². The molecule has 90 valence electrons. The Morgan fingerprint density at radius 3 is 2.75 bits per heavy atom. The third-order valence-electron chi connectivity index (χ3n) is 2.87. The van der Waals surface area contributed by atoms with E-state index < -0.39 is 0 Å². The Balaban J connectivity index is 2.85. The summed E-state index contributed by atoms with van der Waals surface area (Å²) in [6.45, 7) is 4.18. The van der Waals surface area contributed by atoms with E-state index in [1.54, 1.807) is 0 Å². The van der Waals surface area contributed by atoms with Crippen LogP contribution in [0.1, 0.15) is 18.9 Å². The Morgan fingerprint density at radius 2 is 2.25 bits per heavy atom. The van der Waals surface area contributed by atoms with Crippen molar-refractivity contribution in [1.82, 2.24) is 4.98 Å². The van der Waals surface area contributed by atoms with Gasteiger partial charge in [-0.1, -0.05) is 6.92 Å². The van der Waals surface area contributed by atoms with Gasteiger partial charge in [0.05, 0.1) is 0 Å². The fourth-order valence-electron chi connectivity index (χ4n) is 1.60. The number of anilines is 2. The number of rotatable bonds is 5. The van der Waals surface area contributed by atoms with Gasteiger partial charge in [0.1, 0.15) is 5.82 Å². The number of hydrogen-bond acceptors (Lipinski definition) is 4. The predicted octanol–water partition coefficient (Wildman–Crippen LogP) is 2.55. The molecule has 0 spiro atoms. The zero-order valence-corrected chi connectivity index (χ0v) is 11.3. The number of nitrogens with two attached hydrogens (primary N) is 1. The van der Waals surface area contributed by atoms with Crippen molar-refractivity contribution in [2.75, 3.05) is 29.7 Å². The van der Waals surface area contributed by atoms with E-state index in [1.165, 1.54) is 0 Å². The number of thioether (sulfide) groups is 1. The highest BCUT2D eigenvalue weighted by atomic mass is 32.2. The van der Waals surface area contributed by atoms with Gasteiger partial charge < -0.3 is 10.6 Å². The van der Waals surface area contributed by atoms with Crippen molar-refractivity contribution in [1.29, 1.82) is 0 Å². The Morgan fingerprint density at radius 1 is 1.56 bits per heavy atom. The largest absolute Gasteiger partial charge is 0.398 e. The number of aromatic nitrogens is 1. The van der Waals surface area contributed by atoms with Crippen LogP contribution in [0.2, 0.25) is 0 Å². The maximum atomic E-state index is 5.90. The molecule has 0 aliphatic carbocycles. The molecule has 1 aromatic heterocycles. The molecular weight excluding hydrogens is 218 g/mol. The smallest absolute Gasteiger partial charge is 0.130 e. The molecule has 1 rings (SSSR count). The molecule has 0 aliphatic rings. The van der Waals surface area contributed by atoms with Crippen LogP contribution >= 0.6 is 11.8 Å². The molecule has 0 radical (unpaired) electrons. The second-order valence-electron chi connectivity index (χ2n) is 4.03. The van der Waals surface area contributed by atoms with Crippen molar-refractivity contribution in [3.8, 4) is 0 Å². The van der Waals surface area contributed by atoms with Crippen molar-refractivity contribution >= 4 is 23.3 Å². The van der Waals surface area contributed by atoms with Crippen LogP contribution in [0.25, 0.3) is 0 Å². The summed E-state index contributed by atoms with van der Waals surface area (Å²) in [4.78, 5) is 6.64. The minimum atomic E-state index is 0.518. The van der Waals surface area contributed by atoms with E-state index in [4.69, 9.17) is 5.73 Å². The van der Waals surface area contributed by atoms with E-state index in [9.17, 15) is 0 Å². The fraction of sp³-hybridized carbons (Fsp3) is 0.583. The zero-order valence-electron chi connectivity index (χ0n) is 10.5. The molecule has 0 saturated heterocycles. The molecule has 0 amide bonds. The lowest BCUT2D eigenvalue weighted by Gasteiger charge is -2.28. The Hall–Kier alpha value is -0.900. The first-order valence-corrected chi connectivity index (χ1v) is 6.93. The van der Waals surface area contributed by atoms with Crippen LogP contribution in [0.3, 0.4) is 0 Å². The Kier molecular flexibility index (Phi) is 4.93. The van der Waals surface area contributed by atoms with Gasteiger partial charge in [0.15, 0.2) is 0 Å². The van der Waals surface area contributed by atoms with Crippen LogP contribution in [0.5, 0.6) is 0 Å². The van der Waals surface area contributed by atoms with Crippen molar-refractivity contribution < 1.29 is 0 Å². The lowest BCUT2D eigenvalue weighted by atomic mass is 10.2. The van der Waals surface area contributed by atoms with Crippen LogP contribution in [-0.2, 0) is 0 Å². The third kappa shape index (κ3) is 3.04. The van der Waals surface area contributed by atoms with Gasteiger partial charge in [-0.15, -0.1) is 0 Å². The molecule has 1 atom stereocenters. The predicted molar refractivity (Wildman–Crippen MR) is 74.3 cm³/mol. The Labute approximate surface area is 102 Å². The number of pyridine rings is 1. The third-order valence-corrected chi connectivity index (χ3v) is 3.59. The molecule has 16 heavy (non-hydrogen) atoms. The quantitative estimate of drug-likeness (QED) is 0.857. The monoisotopic (exact) mass is 239 g/mol. The first-order chi connectivity index (χ1) is 7.60. The first-order valence-electron chi connectivity index (χ1n) is 5.54. The maximum Gasteiger partial charge on any atom is 0.130 e. The molecule has 0 fully saturated rings. The van der Waals surface area contributed by atoms with Gasteiger partial charge in [0, 0.05) is 36.8 Å². The van der Waals surface area contributed by atoms with E-state index in [0.29, 0.717) is 6.04 Å². The molecule has 2 N–H and O–H groups in total. The van der Waals surface area contributed by atoms with Gasteiger partial charge >= 0.3 is 0 Å². The normalized spacial score (nSPS) is 12.5. The van der Waals surface area contributed by atoms with E-state index in [1.807, 2.05) is 30.9 Å². The molecule has 0 aromatic carbocycles. The summed E-state index contributed by atoms with van der Waals surface area (Å²) in [6.07, 6.45) is 5.09. The minimum absolute atomic E-state index is 0.518. The average Bonchev–Trinajstić information content (AvgIpc) is 2.28. The SMILES string of the molecule is CCC(CSC)N(C)c1cc(N)c(C)cn1. The molecule has 0 saturated carbocycles. The summed E-state index contributed by atoms with van der Waals surface area (Å²) in [5, 5.41) is 0. The second kappa shape index (κ2) is 5.99. The van der Waals surface area contributed by atoms with Gasteiger partial charge in [-0.2, -0.15) is 11.8 Å². The molecule has 3 nitrogen and oxygen atoms in total. The van der Waals surface area contributed by atoms with E-state index >= 15 is 0 Å². The van der Waals surface area contributed by atoms with Gasteiger partial charge in [0.25, 0.3) is 0 Å². The second-order valence-corrected chi connectivity index (χ2v) is 4.94. The molecule has 0 aliphatic heterocycles. The van der Waals surface area contributed by atoms with Crippen LogP contribution in [0, 0.1) is 6.92 Å². The molecule has 1 heterocycles. The summed E-state index contributed by atoms with van der Waals surface area (Å²) < 4.78 is 0. The molecule has 0 bridgehead atoms. The van der Waals surface area contributed by atoms with Crippen LogP contribution in [0.15, 0.2) is 12.3 Å². The van der Waals surface area contributed by atoms with Gasteiger partial charge in [-0.25, -0.2) is 4.98 Å². The van der Waals surface area contributed by atoms with Crippen molar-refractivity contribution in [2.24, 2.45) is 0 Å².